The molecular weight excluding hydrogens is 286 g/mol. The van der Waals surface area contributed by atoms with Crippen LogP contribution in [0.4, 0.5) is 5.69 Å². The number of likely N-dealkylation sites (tertiary alicyclic amines) is 1. The molecule has 1 amide bonds. The third-order valence-electron chi connectivity index (χ3n) is 4.12. The van der Waals surface area contributed by atoms with Crippen LogP contribution in [0.25, 0.3) is 10.9 Å². The first-order valence-corrected chi connectivity index (χ1v) is 7.25. The Morgan fingerprint density at radius 3 is 2.82 bits per heavy atom. The zero-order valence-corrected chi connectivity index (χ0v) is 12.0. The van der Waals surface area contributed by atoms with Gasteiger partial charge < -0.3 is 15.0 Å². The number of hydrogen-bond donors (Lipinski definition) is 2. The molecule has 22 heavy (non-hydrogen) atoms. The average molecular weight is 303 g/mol. The minimum absolute atomic E-state index is 0.0145. The van der Waals surface area contributed by atoms with Gasteiger partial charge in [-0.2, -0.15) is 0 Å². The standard InChI is InChI=1S/C15H17N3O4/c19-12-3-5-17(6-4-12)15(20)7-10-9-16-14-2-1-11(18(21)22)8-13(10)14/h1-2,8-9,12,16,19H,3-7H2. The maximum absolute atomic E-state index is 12.3. The van der Waals surface area contributed by atoms with Crippen molar-refractivity contribution in [2.75, 3.05) is 13.1 Å². The van der Waals surface area contributed by atoms with Gasteiger partial charge in [-0.15, -0.1) is 0 Å². The van der Waals surface area contributed by atoms with Gasteiger partial charge in [-0.1, -0.05) is 0 Å². The SMILES string of the molecule is O=C(Cc1c[nH]c2ccc([N+](=O)[O-])cc12)N1CCC(O)CC1. The fourth-order valence-corrected chi connectivity index (χ4v) is 2.82. The number of piperidine rings is 1. The molecule has 7 nitrogen and oxygen atoms in total. The van der Waals surface area contributed by atoms with E-state index in [-0.39, 0.29) is 24.1 Å². The Morgan fingerprint density at radius 2 is 2.14 bits per heavy atom. The Labute approximate surface area is 126 Å². The Bertz CT molecular complexity index is 717. The highest BCUT2D eigenvalue weighted by atomic mass is 16.6. The number of amides is 1. The molecule has 116 valence electrons. The second kappa shape index (κ2) is 5.76. The minimum atomic E-state index is -0.440. The number of carbonyl (C=O) groups excluding carboxylic acids is 1. The van der Waals surface area contributed by atoms with Gasteiger partial charge in [0.05, 0.1) is 17.4 Å². The monoisotopic (exact) mass is 303 g/mol. The van der Waals surface area contributed by atoms with Crippen LogP contribution in [-0.4, -0.2) is 45.0 Å². The molecule has 2 aromatic rings. The van der Waals surface area contributed by atoms with Crippen molar-refractivity contribution < 1.29 is 14.8 Å². The molecule has 0 spiro atoms. The normalized spacial score (nSPS) is 16.1. The van der Waals surface area contributed by atoms with E-state index < -0.39 is 4.92 Å². The van der Waals surface area contributed by atoms with Crippen molar-refractivity contribution in [3.05, 3.63) is 40.1 Å². The van der Waals surface area contributed by atoms with Crippen LogP contribution in [-0.2, 0) is 11.2 Å². The lowest BCUT2D eigenvalue weighted by Crippen LogP contribution is -2.40. The molecule has 1 aromatic heterocycles. The quantitative estimate of drug-likeness (QED) is 0.664. The van der Waals surface area contributed by atoms with E-state index in [0.29, 0.717) is 31.3 Å². The number of benzene rings is 1. The van der Waals surface area contributed by atoms with E-state index in [2.05, 4.69) is 4.98 Å². The molecule has 2 heterocycles. The van der Waals surface area contributed by atoms with Crippen LogP contribution >= 0.6 is 0 Å². The predicted molar refractivity (Wildman–Crippen MR) is 80.5 cm³/mol. The van der Waals surface area contributed by atoms with Crippen LogP contribution in [0.2, 0.25) is 0 Å². The summed E-state index contributed by atoms with van der Waals surface area (Å²) in [7, 11) is 0. The number of aliphatic hydroxyl groups excluding tert-OH is 1. The summed E-state index contributed by atoms with van der Waals surface area (Å²) in [5, 5.41) is 21.1. The van der Waals surface area contributed by atoms with E-state index in [1.807, 2.05) is 0 Å². The molecule has 7 heteroatoms. The van der Waals surface area contributed by atoms with Crippen LogP contribution in [0.1, 0.15) is 18.4 Å². The number of nitrogens with zero attached hydrogens (tertiary/aromatic N) is 2. The summed E-state index contributed by atoms with van der Waals surface area (Å²) in [5.41, 5.74) is 1.55. The van der Waals surface area contributed by atoms with E-state index in [4.69, 9.17) is 0 Å². The number of non-ortho nitro benzene ring substituents is 1. The fraction of sp³-hybridized carbons (Fsp3) is 0.400. The molecule has 0 aliphatic carbocycles. The molecule has 1 fully saturated rings. The minimum Gasteiger partial charge on any atom is -0.393 e. The van der Waals surface area contributed by atoms with Crippen LogP contribution < -0.4 is 0 Å². The number of fused-ring (bicyclic) bond motifs is 1. The number of aromatic nitrogens is 1. The van der Waals surface area contributed by atoms with Gasteiger partial charge in [-0.25, -0.2) is 0 Å². The van der Waals surface area contributed by atoms with Gasteiger partial charge in [0.1, 0.15) is 0 Å². The van der Waals surface area contributed by atoms with E-state index in [1.165, 1.54) is 12.1 Å². The first-order chi connectivity index (χ1) is 10.5. The zero-order valence-electron chi connectivity index (χ0n) is 12.0. The molecule has 0 unspecified atom stereocenters. The Balaban J connectivity index is 1.80. The Kier molecular flexibility index (Phi) is 3.81. The summed E-state index contributed by atoms with van der Waals surface area (Å²) in [4.78, 5) is 27.5. The van der Waals surface area contributed by atoms with Gasteiger partial charge in [0.15, 0.2) is 0 Å². The van der Waals surface area contributed by atoms with Crippen molar-refractivity contribution in [3.8, 4) is 0 Å². The van der Waals surface area contributed by atoms with Crippen molar-refractivity contribution in [1.82, 2.24) is 9.88 Å². The number of aliphatic hydroxyl groups is 1. The molecule has 0 bridgehead atoms. The summed E-state index contributed by atoms with van der Waals surface area (Å²) in [6.45, 7) is 1.12. The largest absolute Gasteiger partial charge is 0.393 e. The lowest BCUT2D eigenvalue weighted by atomic mass is 10.1. The lowest BCUT2D eigenvalue weighted by Gasteiger charge is -2.29. The van der Waals surface area contributed by atoms with Gasteiger partial charge >= 0.3 is 0 Å². The van der Waals surface area contributed by atoms with Crippen molar-refractivity contribution in [1.29, 1.82) is 0 Å². The number of carbonyl (C=O) groups is 1. The molecule has 2 N–H and O–H groups in total. The summed E-state index contributed by atoms with van der Waals surface area (Å²) in [6, 6.07) is 4.59. The summed E-state index contributed by atoms with van der Waals surface area (Å²) < 4.78 is 0. The van der Waals surface area contributed by atoms with Crippen molar-refractivity contribution >= 4 is 22.5 Å². The second-order valence-electron chi connectivity index (χ2n) is 5.59. The highest BCUT2D eigenvalue weighted by molar-refractivity contribution is 5.90. The van der Waals surface area contributed by atoms with Crippen LogP contribution in [0.5, 0.6) is 0 Å². The summed E-state index contributed by atoms with van der Waals surface area (Å²) in [6.07, 6.45) is 2.82. The average Bonchev–Trinajstić information content (AvgIpc) is 2.90. The first-order valence-electron chi connectivity index (χ1n) is 7.25. The third-order valence-corrected chi connectivity index (χ3v) is 4.12. The molecule has 3 rings (SSSR count). The van der Waals surface area contributed by atoms with Crippen LogP contribution in [0.15, 0.2) is 24.4 Å². The number of nitrogens with one attached hydrogen (secondary N) is 1. The molecule has 0 atom stereocenters. The van der Waals surface area contributed by atoms with Gasteiger partial charge in [0.2, 0.25) is 5.91 Å². The smallest absolute Gasteiger partial charge is 0.270 e. The summed E-state index contributed by atoms with van der Waals surface area (Å²) in [5.74, 6) is -0.0145. The van der Waals surface area contributed by atoms with E-state index in [9.17, 15) is 20.0 Å². The van der Waals surface area contributed by atoms with Crippen LogP contribution in [0, 0.1) is 10.1 Å². The fourth-order valence-electron chi connectivity index (χ4n) is 2.82. The zero-order chi connectivity index (χ0) is 15.7. The van der Waals surface area contributed by atoms with Gasteiger partial charge in [0.25, 0.3) is 5.69 Å². The molecule has 1 aliphatic heterocycles. The van der Waals surface area contributed by atoms with Crippen LogP contribution in [0.3, 0.4) is 0 Å². The van der Waals surface area contributed by atoms with Gasteiger partial charge in [-0.3, -0.25) is 14.9 Å². The maximum Gasteiger partial charge on any atom is 0.270 e. The molecule has 0 radical (unpaired) electrons. The van der Waals surface area contributed by atoms with E-state index >= 15 is 0 Å². The van der Waals surface area contributed by atoms with Gasteiger partial charge in [-0.05, 0) is 24.5 Å². The number of hydrogen-bond acceptors (Lipinski definition) is 4. The lowest BCUT2D eigenvalue weighted by molar-refractivity contribution is -0.384. The third kappa shape index (κ3) is 2.80. The van der Waals surface area contributed by atoms with Crippen molar-refractivity contribution in [2.45, 2.75) is 25.4 Å². The number of nitro groups is 1. The Hall–Kier alpha value is -2.41. The summed E-state index contributed by atoms with van der Waals surface area (Å²) >= 11 is 0. The van der Waals surface area contributed by atoms with Gasteiger partial charge in [0, 0.05) is 42.3 Å². The molecule has 1 saturated heterocycles. The Morgan fingerprint density at radius 1 is 1.41 bits per heavy atom. The van der Waals surface area contributed by atoms with Crippen molar-refractivity contribution in [2.24, 2.45) is 0 Å². The number of nitro benzene ring substituents is 1. The molecular formula is C15H17N3O4. The number of rotatable bonds is 3. The van der Waals surface area contributed by atoms with Crippen molar-refractivity contribution in [3.63, 3.8) is 0 Å². The molecule has 1 aliphatic rings. The number of H-pyrrole nitrogens is 1. The molecule has 0 saturated carbocycles. The van der Waals surface area contributed by atoms with E-state index in [0.717, 1.165) is 11.1 Å². The van der Waals surface area contributed by atoms with E-state index in [1.54, 1.807) is 17.2 Å². The highest BCUT2D eigenvalue weighted by Crippen LogP contribution is 2.24. The molecule has 1 aromatic carbocycles. The first kappa shape index (κ1) is 14.5. The maximum atomic E-state index is 12.3. The topological polar surface area (TPSA) is 99.5 Å². The highest BCUT2D eigenvalue weighted by Gasteiger charge is 2.22. The number of aromatic amines is 1. The predicted octanol–water partition coefficient (Wildman–Crippen LogP) is 1.60. The second-order valence-corrected chi connectivity index (χ2v) is 5.59.